The Morgan fingerprint density at radius 3 is 2.26 bits per heavy atom. The van der Waals surface area contributed by atoms with Gasteiger partial charge in [0.15, 0.2) is 8.32 Å². The average Bonchev–Trinajstić information content (AvgIpc) is 3.11. The third kappa shape index (κ3) is 4.68. The molecule has 4 aliphatic rings. The van der Waals surface area contributed by atoms with E-state index in [4.69, 9.17) is 4.43 Å². The maximum atomic E-state index is 14.4. The lowest BCUT2D eigenvalue weighted by molar-refractivity contribution is -0.172. The number of hydrogen-bond donors (Lipinski definition) is 0. The molecule has 0 saturated heterocycles. The van der Waals surface area contributed by atoms with E-state index in [1.165, 1.54) is 49.4 Å². The second kappa shape index (κ2) is 9.95. The standard InChI is InChI=1S/C31H55IO2Si/c1-10-22-26-19-21(34-35(8,9)29(3,4)5)13-16-31(26,7)25-14-17-30(6)23(20(2)15-18-32)11-12-24(30)27(25)28(22)33/h20-27H,10-19H2,1-9H3/t20-,21-,22-,23-,24+,25+,26+,27+,30-,31-/m1/s1. The number of alkyl halides is 1. The third-order valence-corrected chi connectivity index (χ3v) is 17.9. The highest BCUT2D eigenvalue weighted by molar-refractivity contribution is 14.1. The SMILES string of the molecule is CC[C@H]1C(=O)[C@@H]2[C@H](CC[C@]3(C)[C@@H]([C@H](C)CCI)CC[C@@H]23)[C@@]2(C)CC[C@@H](O[Si](C)(C)C(C)(C)C)C[C@@H]12. The van der Waals surface area contributed by atoms with Crippen molar-refractivity contribution in [3.8, 4) is 0 Å². The van der Waals surface area contributed by atoms with E-state index in [2.05, 4.69) is 84.2 Å². The first-order chi connectivity index (χ1) is 16.2. The van der Waals surface area contributed by atoms with Crippen molar-refractivity contribution >= 4 is 36.7 Å². The van der Waals surface area contributed by atoms with Gasteiger partial charge in [-0.2, -0.15) is 0 Å². The first kappa shape index (κ1) is 28.6. The molecule has 0 N–H and O–H groups in total. The molecule has 0 aliphatic heterocycles. The summed E-state index contributed by atoms with van der Waals surface area (Å²) in [7, 11) is -1.80. The first-order valence-corrected chi connectivity index (χ1v) is 19.4. The van der Waals surface area contributed by atoms with Crippen LogP contribution in [-0.4, -0.2) is 24.6 Å². The Balaban J connectivity index is 1.60. The minimum atomic E-state index is -1.80. The third-order valence-electron chi connectivity index (χ3n) is 12.7. The summed E-state index contributed by atoms with van der Waals surface area (Å²) in [5.74, 6) is 4.61. The fraction of sp³-hybridized carbons (Fsp3) is 0.968. The number of carbonyl (C=O) groups excluding carboxylic acids is 1. The highest BCUT2D eigenvalue weighted by atomic mass is 127. The highest BCUT2D eigenvalue weighted by Gasteiger charge is 2.65. The zero-order chi connectivity index (χ0) is 26.0. The second-order valence-corrected chi connectivity index (χ2v) is 21.1. The van der Waals surface area contributed by atoms with Crippen LogP contribution in [0.1, 0.15) is 106 Å². The minimum absolute atomic E-state index is 0.243. The van der Waals surface area contributed by atoms with Gasteiger partial charge in [0.1, 0.15) is 5.78 Å². The molecule has 4 rings (SSSR count). The summed E-state index contributed by atoms with van der Waals surface area (Å²) >= 11 is 2.56. The molecule has 0 radical (unpaired) electrons. The van der Waals surface area contributed by atoms with E-state index in [1.54, 1.807) is 0 Å². The summed E-state index contributed by atoms with van der Waals surface area (Å²) in [5.41, 5.74) is 0.700. The van der Waals surface area contributed by atoms with Crippen molar-refractivity contribution in [2.45, 2.75) is 130 Å². The van der Waals surface area contributed by atoms with E-state index >= 15 is 0 Å². The normalized spacial score (nSPS) is 45.0. The smallest absolute Gasteiger partial charge is 0.192 e. The summed E-state index contributed by atoms with van der Waals surface area (Å²) in [5, 5.41) is 0.243. The van der Waals surface area contributed by atoms with E-state index in [9.17, 15) is 4.79 Å². The topological polar surface area (TPSA) is 26.3 Å². The zero-order valence-corrected chi connectivity index (χ0v) is 27.5. The molecular formula is C31H55IO2Si. The van der Waals surface area contributed by atoms with Gasteiger partial charge in [-0.1, -0.05) is 71.1 Å². The average molecular weight is 615 g/mol. The van der Waals surface area contributed by atoms with Crippen LogP contribution in [-0.2, 0) is 9.22 Å². The number of halogens is 1. The molecule has 0 spiro atoms. The van der Waals surface area contributed by atoms with Crippen LogP contribution in [0.2, 0.25) is 18.1 Å². The van der Waals surface area contributed by atoms with E-state index in [0.717, 1.165) is 24.7 Å². The lowest BCUT2D eigenvalue weighted by Gasteiger charge is -2.62. The van der Waals surface area contributed by atoms with Crippen LogP contribution in [0.25, 0.3) is 0 Å². The fourth-order valence-corrected chi connectivity index (χ4v) is 12.1. The molecule has 0 aromatic heterocycles. The van der Waals surface area contributed by atoms with Gasteiger partial charge in [0.2, 0.25) is 0 Å². The molecular weight excluding hydrogens is 559 g/mol. The Kier molecular flexibility index (Phi) is 8.13. The van der Waals surface area contributed by atoms with Gasteiger partial charge in [-0.3, -0.25) is 4.79 Å². The summed E-state index contributed by atoms with van der Waals surface area (Å²) in [6.45, 7) is 21.9. The molecule has 35 heavy (non-hydrogen) atoms. The van der Waals surface area contributed by atoms with Crippen molar-refractivity contribution in [1.82, 2.24) is 0 Å². The molecule has 4 saturated carbocycles. The molecule has 0 aromatic carbocycles. The Bertz CT molecular complexity index is 789. The predicted molar refractivity (Wildman–Crippen MR) is 160 cm³/mol. The van der Waals surface area contributed by atoms with Gasteiger partial charge >= 0.3 is 0 Å². The predicted octanol–water partition coefficient (Wildman–Crippen LogP) is 9.31. The summed E-state index contributed by atoms with van der Waals surface area (Å²) in [6.07, 6.45) is 11.6. The number of Topliss-reactive ketones (excluding diaryl/α,β-unsaturated/α-hetero) is 1. The highest BCUT2D eigenvalue weighted by Crippen LogP contribution is 2.69. The molecule has 0 heterocycles. The number of carbonyl (C=O) groups is 1. The van der Waals surface area contributed by atoms with Gasteiger partial charge < -0.3 is 4.43 Å². The molecule has 4 aliphatic carbocycles. The monoisotopic (exact) mass is 614 g/mol. The maximum absolute atomic E-state index is 14.4. The van der Waals surface area contributed by atoms with Crippen LogP contribution >= 0.6 is 22.6 Å². The molecule has 2 nitrogen and oxygen atoms in total. The van der Waals surface area contributed by atoms with Crippen molar-refractivity contribution in [3.63, 3.8) is 0 Å². The van der Waals surface area contributed by atoms with E-state index < -0.39 is 8.32 Å². The first-order valence-electron chi connectivity index (χ1n) is 15.0. The molecule has 0 aromatic rings. The van der Waals surface area contributed by atoms with Crippen LogP contribution in [0.15, 0.2) is 0 Å². The molecule has 0 bridgehead atoms. The van der Waals surface area contributed by atoms with Crippen molar-refractivity contribution in [1.29, 1.82) is 0 Å². The molecule has 4 heteroatoms. The Labute approximate surface area is 232 Å². The van der Waals surface area contributed by atoms with Crippen LogP contribution in [0, 0.1) is 52.3 Å². The van der Waals surface area contributed by atoms with E-state index in [0.29, 0.717) is 46.4 Å². The van der Waals surface area contributed by atoms with Crippen LogP contribution in [0.4, 0.5) is 0 Å². The van der Waals surface area contributed by atoms with Crippen molar-refractivity contribution < 1.29 is 9.22 Å². The van der Waals surface area contributed by atoms with E-state index in [-0.39, 0.29) is 11.0 Å². The Morgan fingerprint density at radius 2 is 1.66 bits per heavy atom. The Hall–Kier alpha value is 0.577. The minimum Gasteiger partial charge on any atom is -0.414 e. The lowest BCUT2D eigenvalue weighted by Crippen LogP contribution is -2.61. The molecule has 202 valence electrons. The summed E-state index contributed by atoms with van der Waals surface area (Å²) in [6, 6.07) is 0. The van der Waals surface area contributed by atoms with Crippen molar-refractivity contribution in [2.24, 2.45) is 52.3 Å². The van der Waals surface area contributed by atoms with Gasteiger partial charge in [0.05, 0.1) is 0 Å². The van der Waals surface area contributed by atoms with Crippen LogP contribution in [0.5, 0.6) is 0 Å². The van der Waals surface area contributed by atoms with Gasteiger partial charge in [0.25, 0.3) is 0 Å². The van der Waals surface area contributed by atoms with Crippen molar-refractivity contribution in [3.05, 3.63) is 0 Å². The quantitative estimate of drug-likeness (QED) is 0.169. The molecule has 10 atom stereocenters. The largest absolute Gasteiger partial charge is 0.414 e. The molecule has 0 amide bonds. The summed E-state index contributed by atoms with van der Waals surface area (Å²) < 4.78 is 8.24. The van der Waals surface area contributed by atoms with Gasteiger partial charge in [0, 0.05) is 17.9 Å². The molecule has 4 fully saturated rings. The van der Waals surface area contributed by atoms with Gasteiger partial charge in [-0.25, -0.2) is 0 Å². The number of fused-ring (bicyclic) bond motifs is 5. The second-order valence-electron chi connectivity index (χ2n) is 15.2. The van der Waals surface area contributed by atoms with Crippen LogP contribution < -0.4 is 0 Å². The van der Waals surface area contributed by atoms with Crippen LogP contribution in [0.3, 0.4) is 0 Å². The Morgan fingerprint density at radius 1 is 1.03 bits per heavy atom. The number of ketones is 1. The maximum Gasteiger partial charge on any atom is 0.192 e. The zero-order valence-electron chi connectivity index (χ0n) is 24.4. The van der Waals surface area contributed by atoms with Gasteiger partial charge in [-0.15, -0.1) is 0 Å². The van der Waals surface area contributed by atoms with Gasteiger partial charge in [-0.05, 0) is 121 Å². The van der Waals surface area contributed by atoms with E-state index in [1.807, 2.05) is 0 Å². The fourth-order valence-electron chi connectivity index (χ4n) is 9.67. The van der Waals surface area contributed by atoms with Crippen molar-refractivity contribution in [2.75, 3.05) is 4.43 Å². The lowest BCUT2D eigenvalue weighted by atomic mass is 9.42. The number of hydrogen-bond acceptors (Lipinski definition) is 2. The number of rotatable bonds is 6. The summed E-state index contributed by atoms with van der Waals surface area (Å²) in [4.78, 5) is 14.4. The molecule has 0 unspecified atom stereocenters.